The number of benzene rings is 1. The van der Waals surface area contributed by atoms with E-state index in [0.29, 0.717) is 26.2 Å². The van der Waals surface area contributed by atoms with Crippen LogP contribution in [-0.4, -0.2) is 72.3 Å². The van der Waals surface area contributed by atoms with Crippen molar-refractivity contribution in [3.63, 3.8) is 0 Å². The van der Waals surface area contributed by atoms with E-state index in [0.717, 1.165) is 37.4 Å². The molecule has 1 aromatic rings. The predicted molar refractivity (Wildman–Crippen MR) is 94.2 cm³/mol. The number of hydrogen-bond donors (Lipinski definition) is 1. The fraction of sp³-hybridized carbons (Fsp3) is 0.556. The molecule has 0 spiro atoms. The molecule has 2 aliphatic heterocycles. The molecule has 2 saturated heterocycles. The zero-order valence-electron chi connectivity index (χ0n) is 14.6. The number of nitrogens with zero attached hydrogens (tertiary/aromatic N) is 3. The number of ether oxygens (including phenoxy) is 1. The third-order valence-corrected chi connectivity index (χ3v) is 4.94. The summed E-state index contributed by atoms with van der Waals surface area (Å²) in [5, 5.41) is 9.08. The summed E-state index contributed by atoms with van der Waals surface area (Å²) in [4.78, 5) is 28.0. The lowest BCUT2D eigenvalue weighted by Crippen LogP contribution is -2.48. The molecule has 7 heteroatoms. The summed E-state index contributed by atoms with van der Waals surface area (Å²) < 4.78 is 6.23. The first-order chi connectivity index (χ1) is 12.0. The average molecular weight is 347 g/mol. The maximum Gasteiger partial charge on any atom is 0.407 e. The van der Waals surface area contributed by atoms with Crippen LogP contribution >= 0.6 is 0 Å². The number of piperidine rings is 1. The van der Waals surface area contributed by atoms with Crippen molar-refractivity contribution in [3.05, 3.63) is 24.3 Å². The van der Waals surface area contributed by atoms with E-state index in [2.05, 4.69) is 4.90 Å². The Balaban J connectivity index is 1.62. The van der Waals surface area contributed by atoms with Gasteiger partial charge < -0.3 is 24.5 Å². The van der Waals surface area contributed by atoms with Crippen molar-refractivity contribution in [3.8, 4) is 5.75 Å². The number of hydrogen-bond acceptors (Lipinski definition) is 4. The van der Waals surface area contributed by atoms with Crippen molar-refractivity contribution < 1.29 is 19.4 Å². The highest BCUT2D eigenvalue weighted by molar-refractivity contribution is 5.73. The van der Waals surface area contributed by atoms with Crippen LogP contribution in [0.2, 0.25) is 0 Å². The molecule has 1 N–H and O–H groups in total. The molecule has 3 rings (SSSR count). The highest BCUT2D eigenvalue weighted by atomic mass is 16.5. The zero-order chi connectivity index (χ0) is 17.8. The van der Waals surface area contributed by atoms with Crippen molar-refractivity contribution in [1.29, 1.82) is 0 Å². The van der Waals surface area contributed by atoms with Crippen LogP contribution in [0.1, 0.15) is 19.8 Å². The molecule has 2 heterocycles. The predicted octanol–water partition coefficient (Wildman–Crippen LogP) is 1.88. The summed E-state index contributed by atoms with van der Waals surface area (Å²) >= 11 is 0. The van der Waals surface area contributed by atoms with Gasteiger partial charge in [0.15, 0.2) is 0 Å². The first kappa shape index (κ1) is 17.4. The zero-order valence-corrected chi connectivity index (χ0v) is 14.6. The van der Waals surface area contributed by atoms with Crippen molar-refractivity contribution in [2.45, 2.75) is 25.9 Å². The van der Waals surface area contributed by atoms with Gasteiger partial charge in [-0.2, -0.15) is 0 Å². The molecule has 0 atom stereocenters. The molecular weight excluding hydrogens is 322 g/mol. The number of carboxylic acid groups (broad SMARTS) is 1. The summed E-state index contributed by atoms with van der Waals surface area (Å²) in [5.74, 6) is 0.961. The van der Waals surface area contributed by atoms with Crippen LogP contribution in [0.15, 0.2) is 24.3 Å². The molecule has 0 saturated carbocycles. The molecule has 0 unspecified atom stereocenters. The molecule has 2 fully saturated rings. The normalized spacial score (nSPS) is 19.0. The van der Waals surface area contributed by atoms with E-state index in [9.17, 15) is 9.59 Å². The van der Waals surface area contributed by atoms with E-state index in [-0.39, 0.29) is 12.0 Å². The second kappa shape index (κ2) is 7.63. The van der Waals surface area contributed by atoms with Gasteiger partial charge in [0.25, 0.3) is 0 Å². The lowest BCUT2D eigenvalue weighted by atomic mass is 10.1. The van der Waals surface area contributed by atoms with Crippen LogP contribution in [0.3, 0.4) is 0 Å². The number of amides is 2. The monoisotopic (exact) mass is 347 g/mol. The largest absolute Gasteiger partial charge is 0.488 e. The van der Waals surface area contributed by atoms with Crippen molar-refractivity contribution in [2.24, 2.45) is 0 Å². The van der Waals surface area contributed by atoms with Crippen molar-refractivity contribution in [2.75, 3.05) is 44.2 Å². The fourth-order valence-electron chi connectivity index (χ4n) is 3.42. The summed E-state index contributed by atoms with van der Waals surface area (Å²) in [6.07, 6.45) is 0.917. The quantitative estimate of drug-likeness (QED) is 0.904. The number of anilines is 1. The Morgan fingerprint density at radius 1 is 1.00 bits per heavy atom. The molecule has 0 aliphatic carbocycles. The highest BCUT2D eigenvalue weighted by Crippen LogP contribution is 2.31. The lowest BCUT2D eigenvalue weighted by molar-refractivity contribution is -0.130. The Morgan fingerprint density at radius 3 is 2.24 bits per heavy atom. The summed E-state index contributed by atoms with van der Waals surface area (Å²) in [5.41, 5.74) is 1.02. The molecule has 0 radical (unpaired) electrons. The molecule has 0 bridgehead atoms. The molecule has 2 amide bonds. The smallest absolute Gasteiger partial charge is 0.407 e. The Hall–Kier alpha value is -2.44. The number of likely N-dealkylation sites (tertiary alicyclic amines) is 1. The van der Waals surface area contributed by atoms with E-state index < -0.39 is 6.09 Å². The number of para-hydroxylation sites is 2. The van der Waals surface area contributed by atoms with Crippen molar-refractivity contribution >= 4 is 17.7 Å². The minimum Gasteiger partial charge on any atom is -0.488 e. The minimum absolute atomic E-state index is 0.108. The Kier molecular flexibility index (Phi) is 5.31. The summed E-state index contributed by atoms with van der Waals surface area (Å²) in [6, 6.07) is 7.92. The number of carbonyl (C=O) groups is 2. The van der Waals surface area contributed by atoms with Gasteiger partial charge in [-0.3, -0.25) is 4.79 Å². The van der Waals surface area contributed by atoms with Gasteiger partial charge in [-0.25, -0.2) is 4.79 Å². The molecular formula is C18H25N3O4. The van der Waals surface area contributed by atoms with Crippen LogP contribution in [0, 0.1) is 0 Å². The summed E-state index contributed by atoms with van der Waals surface area (Å²) in [6.45, 7) is 5.40. The second-order valence-corrected chi connectivity index (χ2v) is 6.55. The van der Waals surface area contributed by atoms with Gasteiger partial charge in [-0.15, -0.1) is 0 Å². The van der Waals surface area contributed by atoms with E-state index in [1.54, 1.807) is 6.92 Å². The standard InChI is InChI=1S/C18H25N3O4/c1-14(22)19-8-6-15(7-9-19)25-17-5-3-2-4-16(17)20-10-12-21(13-11-20)18(23)24/h2-5,15H,6-13H2,1H3,(H,23,24). The molecule has 1 aromatic carbocycles. The van der Waals surface area contributed by atoms with E-state index in [1.165, 1.54) is 4.90 Å². The maximum absolute atomic E-state index is 11.4. The van der Waals surface area contributed by atoms with Gasteiger partial charge in [0.2, 0.25) is 5.91 Å². The first-order valence-corrected chi connectivity index (χ1v) is 8.78. The topological polar surface area (TPSA) is 73.3 Å². The molecule has 136 valence electrons. The van der Waals surface area contributed by atoms with Gasteiger partial charge in [0, 0.05) is 59.0 Å². The third kappa shape index (κ3) is 4.15. The Morgan fingerprint density at radius 2 is 1.64 bits per heavy atom. The Labute approximate surface area is 147 Å². The number of piperazine rings is 1. The first-order valence-electron chi connectivity index (χ1n) is 8.78. The van der Waals surface area contributed by atoms with E-state index in [4.69, 9.17) is 9.84 Å². The van der Waals surface area contributed by atoms with Gasteiger partial charge >= 0.3 is 6.09 Å². The van der Waals surface area contributed by atoms with E-state index in [1.807, 2.05) is 29.2 Å². The SMILES string of the molecule is CC(=O)N1CCC(Oc2ccccc2N2CCN(C(=O)O)CC2)CC1. The van der Waals surface area contributed by atoms with Gasteiger partial charge in [0.05, 0.1) is 5.69 Å². The van der Waals surface area contributed by atoms with Crippen molar-refractivity contribution in [1.82, 2.24) is 9.80 Å². The van der Waals surface area contributed by atoms with Gasteiger partial charge in [-0.1, -0.05) is 12.1 Å². The van der Waals surface area contributed by atoms with Crippen LogP contribution in [0.25, 0.3) is 0 Å². The minimum atomic E-state index is -0.860. The lowest BCUT2D eigenvalue weighted by Gasteiger charge is -2.36. The average Bonchev–Trinajstić information content (AvgIpc) is 2.63. The summed E-state index contributed by atoms with van der Waals surface area (Å²) in [7, 11) is 0. The van der Waals surface area contributed by atoms with Gasteiger partial charge in [-0.05, 0) is 12.1 Å². The molecule has 0 aromatic heterocycles. The maximum atomic E-state index is 11.4. The third-order valence-electron chi connectivity index (χ3n) is 4.94. The highest BCUT2D eigenvalue weighted by Gasteiger charge is 2.25. The fourth-order valence-corrected chi connectivity index (χ4v) is 3.42. The van der Waals surface area contributed by atoms with Crippen LogP contribution in [-0.2, 0) is 4.79 Å². The number of carbonyl (C=O) groups excluding carboxylic acids is 1. The molecule has 25 heavy (non-hydrogen) atoms. The Bertz CT molecular complexity index is 621. The van der Waals surface area contributed by atoms with Crippen LogP contribution < -0.4 is 9.64 Å². The van der Waals surface area contributed by atoms with Crippen LogP contribution in [0.5, 0.6) is 5.75 Å². The van der Waals surface area contributed by atoms with E-state index >= 15 is 0 Å². The molecule has 2 aliphatic rings. The van der Waals surface area contributed by atoms with Crippen LogP contribution in [0.4, 0.5) is 10.5 Å². The second-order valence-electron chi connectivity index (χ2n) is 6.55. The van der Waals surface area contributed by atoms with Gasteiger partial charge in [0.1, 0.15) is 11.9 Å². The number of rotatable bonds is 3. The molecule has 7 nitrogen and oxygen atoms in total.